The van der Waals surface area contributed by atoms with E-state index in [2.05, 4.69) is 19.5 Å². The SMILES string of the molecule is CN(Cc1ccccn1)c1ccc(C(=O)N2CCC[C@@H](Cn3ccnc3)C2)cn1. The smallest absolute Gasteiger partial charge is 0.255 e. The highest BCUT2D eigenvalue weighted by Crippen LogP contribution is 2.21. The number of rotatable bonds is 6. The largest absolute Gasteiger partial charge is 0.354 e. The number of pyridine rings is 2. The molecule has 0 unspecified atom stereocenters. The van der Waals surface area contributed by atoms with Crippen molar-refractivity contribution in [2.45, 2.75) is 25.9 Å². The van der Waals surface area contributed by atoms with Crippen molar-refractivity contribution in [2.24, 2.45) is 5.92 Å². The van der Waals surface area contributed by atoms with E-state index >= 15 is 0 Å². The molecule has 1 amide bonds. The zero-order chi connectivity index (χ0) is 20.1. The standard InChI is InChI=1S/C22H26N6O/c1-26(16-20-6-2-3-9-24-20)21-8-7-19(13-25-21)22(29)28-11-4-5-18(15-28)14-27-12-10-23-17-27/h2-3,6-10,12-13,17-18H,4-5,11,14-16H2,1H3/t18-/m0/s1. The number of hydrogen-bond acceptors (Lipinski definition) is 5. The first kappa shape index (κ1) is 19.1. The average Bonchev–Trinajstić information content (AvgIpc) is 3.27. The van der Waals surface area contributed by atoms with Crippen molar-refractivity contribution in [2.75, 3.05) is 25.0 Å². The van der Waals surface area contributed by atoms with Crippen LogP contribution in [0.2, 0.25) is 0 Å². The Morgan fingerprint density at radius 1 is 1.21 bits per heavy atom. The quantitative estimate of drug-likeness (QED) is 0.647. The number of anilines is 1. The van der Waals surface area contributed by atoms with Crippen molar-refractivity contribution in [3.8, 4) is 0 Å². The summed E-state index contributed by atoms with van der Waals surface area (Å²) in [6.07, 6.45) is 11.3. The number of nitrogens with zero attached hydrogens (tertiary/aromatic N) is 6. The summed E-state index contributed by atoms with van der Waals surface area (Å²) in [6.45, 7) is 3.15. The van der Waals surface area contributed by atoms with E-state index in [9.17, 15) is 4.79 Å². The Labute approximate surface area is 171 Å². The second kappa shape index (κ2) is 8.86. The van der Waals surface area contributed by atoms with Gasteiger partial charge in [-0.1, -0.05) is 6.07 Å². The van der Waals surface area contributed by atoms with Gasteiger partial charge in [0, 0.05) is 51.5 Å². The molecule has 1 aliphatic rings. The number of amides is 1. The number of likely N-dealkylation sites (tertiary alicyclic amines) is 1. The second-order valence-corrected chi connectivity index (χ2v) is 7.60. The van der Waals surface area contributed by atoms with Crippen molar-refractivity contribution in [1.82, 2.24) is 24.4 Å². The molecule has 1 saturated heterocycles. The lowest BCUT2D eigenvalue weighted by Gasteiger charge is -2.33. The van der Waals surface area contributed by atoms with Gasteiger partial charge in [-0.3, -0.25) is 9.78 Å². The molecule has 0 aliphatic carbocycles. The van der Waals surface area contributed by atoms with Gasteiger partial charge in [0.05, 0.1) is 24.1 Å². The van der Waals surface area contributed by atoms with Crippen LogP contribution in [0.3, 0.4) is 0 Å². The van der Waals surface area contributed by atoms with Crippen LogP contribution in [0.5, 0.6) is 0 Å². The lowest BCUT2D eigenvalue weighted by Crippen LogP contribution is -2.41. The summed E-state index contributed by atoms with van der Waals surface area (Å²) in [4.78, 5) is 29.9. The second-order valence-electron chi connectivity index (χ2n) is 7.60. The minimum absolute atomic E-state index is 0.0618. The van der Waals surface area contributed by atoms with Crippen LogP contribution in [0.15, 0.2) is 61.4 Å². The molecule has 1 fully saturated rings. The van der Waals surface area contributed by atoms with E-state index in [1.807, 2.05) is 59.7 Å². The molecular weight excluding hydrogens is 364 g/mol. The molecular formula is C22H26N6O. The van der Waals surface area contributed by atoms with Crippen LogP contribution in [0, 0.1) is 5.92 Å². The van der Waals surface area contributed by atoms with Crippen LogP contribution in [0.25, 0.3) is 0 Å². The molecule has 3 aromatic heterocycles. The van der Waals surface area contributed by atoms with Gasteiger partial charge in [-0.2, -0.15) is 0 Å². The zero-order valence-electron chi connectivity index (χ0n) is 16.7. The molecule has 1 atom stereocenters. The van der Waals surface area contributed by atoms with Crippen LogP contribution in [-0.4, -0.2) is 50.5 Å². The van der Waals surface area contributed by atoms with E-state index in [-0.39, 0.29) is 5.91 Å². The maximum absolute atomic E-state index is 13.0. The van der Waals surface area contributed by atoms with Gasteiger partial charge < -0.3 is 14.4 Å². The summed E-state index contributed by atoms with van der Waals surface area (Å²) in [6, 6.07) is 9.65. The molecule has 150 valence electrons. The van der Waals surface area contributed by atoms with Gasteiger partial charge in [-0.05, 0) is 43.0 Å². The molecule has 0 saturated carbocycles. The minimum atomic E-state index is 0.0618. The van der Waals surface area contributed by atoms with Gasteiger partial charge in [0.25, 0.3) is 5.91 Å². The average molecular weight is 390 g/mol. The summed E-state index contributed by atoms with van der Waals surface area (Å²) in [5.74, 6) is 1.34. The van der Waals surface area contributed by atoms with Crippen LogP contribution in [0.1, 0.15) is 28.9 Å². The Hall–Kier alpha value is -3.22. The Kier molecular flexibility index (Phi) is 5.84. The number of hydrogen-bond donors (Lipinski definition) is 0. The van der Waals surface area contributed by atoms with Crippen LogP contribution >= 0.6 is 0 Å². The third-order valence-corrected chi connectivity index (χ3v) is 5.35. The molecule has 29 heavy (non-hydrogen) atoms. The monoisotopic (exact) mass is 390 g/mol. The Bertz CT molecular complexity index is 910. The van der Waals surface area contributed by atoms with Gasteiger partial charge in [0.1, 0.15) is 5.82 Å². The third-order valence-electron chi connectivity index (χ3n) is 5.35. The predicted molar refractivity (Wildman–Crippen MR) is 111 cm³/mol. The molecule has 0 radical (unpaired) electrons. The summed E-state index contributed by atoms with van der Waals surface area (Å²) in [5.41, 5.74) is 1.62. The van der Waals surface area contributed by atoms with Crippen molar-refractivity contribution < 1.29 is 4.79 Å². The Balaban J connectivity index is 1.37. The van der Waals surface area contributed by atoms with Crippen molar-refractivity contribution >= 4 is 11.7 Å². The number of carbonyl (C=O) groups excluding carboxylic acids is 1. The van der Waals surface area contributed by atoms with Crippen LogP contribution < -0.4 is 4.90 Å². The maximum Gasteiger partial charge on any atom is 0.255 e. The molecule has 0 bridgehead atoms. The topological polar surface area (TPSA) is 67.2 Å². The first-order valence-electron chi connectivity index (χ1n) is 10.0. The van der Waals surface area contributed by atoms with E-state index in [0.717, 1.165) is 44.0 Å². The minimum Gasteiger partial charge on any atom is -0.354 e. The highest BCUT2D eigenvalue weighted by Gasteiger charge is 2.25. The molecule has 7 nitrogen and oxygen atoms in total. The van der Waals surface area contributed by atoms with Crippen molar-refractivity contribution in [3.63, 3.8) is 0 Å². The molecule has 0 spiro atoms. The third kappa shape index (κ3) is 4.80. The number of aromatic nitrogens is 4. The molecule has 4 rings (SSSR count). The molecule has 1 aliphatic heterocycles. The molecule has 7 heteroatoms. The van der Waals surface area contributed by atoms with Gasteiger partial charge in [-0.25, -0.2) is 9.97 Å². The normalized spacial score (nSPS) is 16.6. The summed E-state index contributed by atoms with van der Waals surface area (Å²) < 4.78 is 2.09. The van der Waals surface area contributed by atoms with E-state index in [4.69, 9.17) is 0 Å². The first-order chi connectivity index (χ1) is 14.2. The highest BCUT2D eigenvalue weighted by atomic mass is 16.2. The van der Waals surface area contributed by atoms with Gasteiger partial charge in [0.15, 0.2) is 0 Å². The molecule has 0 N–H and O–H groups in total. The van der Waals surface area contributed by atoms with Gasteiger partial charge in [-0.15, -0.1) is 0 Å². The molecule has 0 aromatic carbocycles. The van der Waals surface area contributed by atoms with Crippen molar-refractivity contribution in [1.29, 1.82) is 0 Å². The van der Waals surface area contributed by atoms with Crippen LogP contribution in [0.4, 0.5) is 5.82 Å². The fraction of sp³-hybridized carbons (Fsp3) is 0.364. The van der Waals surface area contributed by atoms with Crippen molar-refractivity contribution in [3.05, 3.63) is 72.7 Å². The summed E-state index contributed by atoms with van der Waals surface area (Å²) in [7, 11) is 1.98. The Morgan fingerprint density at radius 2 is 2.14 bits per heavy atom. The first-order valence-corrected chi connectivity index (χ1v) is 10.0. The van der Waals surface area contributed by atoms with Crippen LogP contribution in [-0.2, 0) is 13.1 Å². The van der Waals surface area contributed by atoms with E-state index < -0.39 is 0 Å². The fourth-order valence-corrected chi connectivity index (χ4v) is 3.83. The number of piperidine rings is 1. The van der Waals surface area contributed by atoms with Gasteiger partial charge >= 0.3 is 0 Å². The lowest BCUT2D eigenvalue weighted by molar-refractivity contribution is 0.0662. The van der Waals surface area contributed by atoms with E-state index in [0.29, 0.717) is 18.0 Å². The van der Waals surface area contributed by atoms with E-state index in [1.54, 1.807) is 18.6 Å². The fourth-order valence-electron chi connectivity index (χ4n) is 3.83. The molecule has 4 heterocycles. The van der Waals surface area contributed by atoms with E-state index in [1.165, 1.54) is 0 Å². The summed E-state index contributed by atoms with van der Waals surface area (Å²) in [5, 5.41) is 0. The highest BCUT2D eigenvalue weighted by molar-refractivity contribution is 5.94. The molecule has 3 aromatic rings. The summed E-state index contributed by atoms with van der Waals surface area (Å²) >= 11 is 0. The zero-order valence-corrected chi connectivity index (χ0v) is 16.7. The maximum atomic E-state index is 13.0. The predicted octanol–water partition coefficient (Wildman–Crippen LogP) is 2.86. The lowest BCUT2D eigenvalue weighted by atomic mass is 9.97. The number of imidazole rings is 1. The number of carbonyl (C=O) groups is 1. The Morgan fingerprint density at radius 3 is 2.86 bits per heavy atom. The van der Waals surface area contributed by atoms with Gasteiger partial charge in [0.2, 0.25) is 0 Å².